The van der Waals surface area contributed by atoms with Crippen molar-refractivity contribution in [2.45, 2.75) is 36.6 Å². The molecular formula is C11H15FN2O2S. The topological polar surface area (TPSA) is 72.2 Å². The van der Waals surface area contributed by atoms with Gasteiger partial charge in [-0.05, 0) is 44.4 Å². The van der Waals surface area contributed by atoms with Gasteiger partial charge in [0.05, 0.1) is 10.6 Å². The van der Waals surface area contributed by atoms with Crippen LogP contribution in [0.2, 0.25) is 0 Å². The van der Waals surface area contributed by atoms with E-state index in [0.29, 0.717) is 5.69 Å². The molecule has 3 N–H and O–H groups in total. The maximum absolute atomic E-state index is 13.7. The van der Waals surface area contributed by atoms with Gasteiger partial charge in [-0.15, -0.1) is 0 Å². The largest absolute Gasteiger partial charge is 0.378 e. The fourth-order valence-corrected chi connectivity index (χ4v) is 2.46. The van der Waals surface area contributed by atoms with Gasteiger partial charge in [0.1, 0.15) is 5.82 Å². The first-order valence-corrected chi connectivity index (χ1v) is 6.95. The number of hydrogen-bond acceptors (Lipinski definition) is 3. The van der Waals surface area contributed by atoms with Gasteiger partial charge < -0.3 is 5.32 Å². The first-order valence-electron chi connectivity index (χ1n) is 5.41. The zero-order valence-electron chi connectivity index (χ0n) is 9.53. The first kappa shape index (κ1) is 12.3. The first-order chi connectivity index (χ1) is 7.80. The van der Waals surface area contributed by atoms with Crippen molar-refractivity contribution in [2.75, 3.05) is 5.32 Å². The fraction of sp³-hybridized carbons (Fsp3) is 0.455. The number of anilines is 1. The summed E-state index contributed by atoms with van der Waals surface area (Å²) in [5, 5.41) is 8.02. The molecule has 4 nitrogen and oxygen atoms in total. The highest BCUT2D eigenvalue weighted by Crippen LogP contribution is 2.35. The van der Waals surface area contributed by atoms with Crippen molar-refractivity contribution in [1.82, 2.24) is 0 Å². The maximum Gasteiger partial charge on any atom is 0.238 e. The van der Waals surface area contributed by atoms with Crippen LogP contribution in [-0.4, -0.2) is 14.0 Å². The van der Waals surface area contributed by atoms with E-state index in [1.807, 2.05) is 6.92 Å². The SMILES string of the molecule is CC1(Nc2ccc(S(N)(=O)=O)cc2F)CCC1. The van der Waals surface area contributed by atoms with Crippen LogP contribution in [0.4, 0.5) is 10.1 Å². The molecule has 1 aromatic rings. The van der Waals surface area contributed by atoms with Gasteiger partial charge >= 0.3 is 0 Å². The van der Waals surface area contributed by atoms with E-state index < -0.39 is 15.8 Å². The molecular weight excluding hydrogens is 243 g/mol. The molecule has 6 heteroatoms. The van der Waals surface area contributed by atoms with Gasteiger partial charge in [0.15, 0.2) is 0 Å². The Balaban J connectivity index is 2.26. The van der Waals surface area contributed by atoms with Gasteiger partial charge in [-0.1, -0.05) is 0 Å². The minimum absolute atomic E-state index is 0.0794. The van der Waals surface area contributed by atoms with Crippen LogP contribution in [0.5, 0.6) is 0 Å². The molecule has 0 bridgehead atoms. The molecule has 0 aromatic heterocycles. The predicted octanol–water partition coefficient (Wildman–Crippen LogP) is 1.83. The normalized spacial score (nSPS) is 18.5. The molecule has 1 fully saturated rings. The van der Waals surface area contributed by atoms with Crippen LogP contribution >= 0.6 is 0 Å². The quantitative estimate of drug-likeness (QED) is 0.868. The van der Waals surface area contributed by atoms with E-state index in [1.165, 1.54) is 12.1 Å². The number of rotatable bonds is 3. The summed E-state index contributed by atoms with van der Waals surface area (Å²) in [6, 6.07) is 3.67. The Morgan fingerprint density at radius 2 is 2.06 bits per heavy atom. The van der Waals surface area contributed by atoms with Gasteiger partial charge in [-0.25, -0.2) is 17.9 Å². The third-order valence-corrected chi connectivity index (χ3v) is 4.07. The average molecular weight is 258 g/mol. The van der Waals surface area contributed by atoms with Crippen molar-refractivity contribution in [3.8, 4) is 0 Å². The van der Waals surface area contributed by atoms with Crippen LogP contribution in [0.15, 0.2) is 23.1 Å². The number of halogens is 1. The second-order valence-electron chi connectivity index (χ2n) is 4.73. The van der Waals surface area contributed by atoms with E-state index in [-0.39, 0.29) is 10.4 Å². The molecule has 0 radical (unpaired) electrons. The van der Waals surface area contributed by atoms with E-state index in [0.717, 1.165) is 25.3 Å². The highest BCUT2D eigenvalue weighted by molar-refractivity contribution is 7.89. The van der Waals surface area contributed by atoms with E-state index in [4.69, 9.17) is 5.14 Å². The Morgan fingerprint density at radius 3 is 2.47 bits per heavy atom. The molecule has 0 atom stereocenters. The lowest BCUT2D eigenvalue weighted by Crippen LogP contribution is -2.41. The van der Waals surface area contributed by atoms with Crippen molar-refractivity contribution < 1.29 is 12.8 Å². The minimum Gasteiger partial charge on any atom is -0.378 e. The molecule has 1 aliphatic carbocycles. The van der Waals surface area contributed by atoms with Crippen molar-refractivity contribution in [3.05, 3.63) is 24.0 Å². The molecule has 0 spiro atoms. The average Bonchev–Trinajstić information content (AvgIpc) is 2.17. The van der Waals surface area contributed by atoms with E-state index in [9.17, 15) is 12.8 Å². The van der Waals surface area contributed by atoms with Crippen LogP contribution in [0.25, 0.3) is 0 Å². The van der Waals surface area contributed by atoms with Gasteiger partial charge in [0.25, 0.3) is 0 Å². The van der Waals surface area contributed by atoms with Gasteiger partial charge in [0.2, 0.25) is 10.0 Å². The van der Waals surface area contributed by atoms with Gasteiger partial charge in [-0.2, -0.15) is 0 Å². The number of hydrogen-bond donors (Lipinski definition) is 2. The van der Waals surface area contributed by atoms with Crippen molar-refractivity contribution in [2.24, 2.45) is 5.14 Å². The Morgan fingerprint density at radius 1 is 1.41 bits per heavy atom. The van der Waals surface area contributed by atoms with Crippen molar-refractivity contribution >= 4 is 15.7 Å². The predicted molar refractivity (Wildman–Crippen MR) is 63.7 cm³/mol. The van der Waals surface area contributed by atoms with Gasteiger partial charge in [0, 0.05) is 5.54 Å². The molecule has 0 heterocycles. The summed E-state index contributed by atoms with van der Waals surface area (Å²) >= 11 is 0. The molecule has 1 aliphatic rings. The summed E-state index contributed by atoms with van der Waals surface area (Å²) in [6.45, 7) is 2.02. The van der Waals surface area contributed by atoms with Crippen molar-refractivity contribution in [1.29, 1.82) is 0 Å². The lowest BCUT2D eigenvalue weighted by atomic mass is 9.78. The highest BCUT2D eigenvalue weighted by Gasteiger charge is 2.32. The third-order valence-electron chi connectivity index (χ3n) is 3.16. The summed E-state index contributed by atoms with van der Waals surface area (Å²) in [6.07, 6.45) is 3.10. The lowest BCUT2D eigenvalue weighted by molar-refractivity contribution is 0.305. The molecule has 0 unspecified atom stereocenters. The number of primary sulfonamides is 1. The van der Waals surface area contributed by atoms with E-state index >= 15 is 0 Å². The standard InChI is InChI=1S/C11H15FN2O2S/c1-11(5-2-6-11)14-10-4-3-8(7-9(10)12)17(13,15)16/h3-4,7,14H,2,5-6H2,1H3,(H2,13,15,16). The second kappa shape index (κ2) is 3.96. The van der Waals surface area contributed by atoms with Gasteiger partial charge in [-0.3, -0.25) is 0 Å². The fourth-order valence-electron chi connectivity index (χ4n) is 1.93. The summed E-state index contributed by atoms with van der Waals surface area (Å²) in [7, 11) is -3.85. The second-order valence-corrected chi connectivity index (χ2v) is 6.29. The molecule has 17 heavy (non-hydrogen) atoms. The molecule has 94 valence electrons. The van der Waals surface area contributed by atoms with Crippen LogP contribution in [-0.2, 0) is 10.0 Å². The van der Waals surface area contributed by atoms with Crippen LogP contribution in [0.1, 0.15) is 26.2 Å². The van der Waals surface area contributed by atoms with E-state index in [1.54, 1.807) is 0 Å². The smallest absolute Gasteiger partial charge is 0.238 e. The third kappa shape index (κ3) is 2.58. The number of nitrogens with one attached hydrogen (secondary N) is 1. The Labute approximate surface area is 100 Å². The Kier molecular flexibility index (Phi) is 2.87. The Hall–Kier alpha value is -1.14. The summed E-state index contributed by atoms with van der Waals surface area (Å²) in [5.74, 6) is -0.593. The van der Waals surface area contributed by atoms with Crippen LogP contribution in [0, 0.1) is 5.82 Å². The van der Waals surface area contributed by atoms with Crippen LogP contribution < -0.4 is 10.5 Å². The molecule has 2 rings (SSSR count). The number of sulfonamides is 1. The molecule has 0 aliphatic heterocycles. The van der Waals surface area contributed by atoms with Crippen LogP contribution in [0.3, 0.4) is 0 Å². The Bertz CT molecular complexity index is 538. The highest BCUT2D eigenvalue weighted by atomic mass is 32.2. The maximum atomic E-state index is 13.7. The molecule has 1 aromatic carbocycles. The molecule has 1 saturated carbocycles. The summed E-state index contributed by atoms with van der Waals surface area (Å²) in [5.41, 5.74) is 0.240. The minimum atomic E-state index is -3.85. The monoisotopic (exact) mass is 258 g/mol. The zero-order chi connectivity index (χ0) is 12.7. The molecule has 0 saturated heterocycles. The number of nitrogens with two attached hydrogens (primary N) is 1. The summed E-state index contributed by atoms with van der Waals surface area (Å²) in [4.78, 5) is -0.209. The summed E-state index contributed by atoms with van der Waals surface area (Å²) < 4.78 is 35.8. The van der Waals surface area contributed by atoms with Crippen molar-refractivity contribution in [3.63, 3.8) is 0 Å². The number of benzene rings is 1. The zero-order valence-corrected chi connectivity index (χ0v) is 10.3. The van der Waals surface area contributed by atoms with E-state index in [2.05, 4.69) is 5.32 Å². The lowest BCUT2D eigenvalue weighted by Gasteiger charge is -2.40. The molecule has 0 amide bonds.